The van der Waals surface area contributed by atoms with Crippen molar-refractivity contribution in [2.24, 2.45) is 5.92 Å². The van der Waals surface area contributed by atoms with Crippen LogP contribution in [0.2, 0.25) is 0 Å². The van der Waals surface area contributed by atoms with Crippen LogP contribution in [0.1, 0.15) is 38.4 Å². The summed E-state index contributed by atoms with van der Waals surface area (Å²) in [4.78, 5) is 37.4. The van der Waals surface area contributed by atoms with Crippen LogP contribution in [-0.2, 0) is 14.3 Å². The second-order valence-corrected chi connectivity index (χ2v) is 9.44. The molecule has 3 amide bonds. The van der Waals surface area contributed by atoms with E-state index in [4.69, 9.17) is 10.1 Å². The molecule has 0 bridgehead atoms. The number of rotatable bonds is 12. The minimum absolute atomic E-state index is 0.00265. The summed E-state index contributed by atoms with van der Waals surface area (Å²) in [5.74, 6) is -3.06. The molecule has 6 N–H and O–H groups in total. The Labute approximate surface area is 232 Å². The third-order valence-corrected chi connectivity index (χ3v) is 6.30. The molecule has 3 atom stereocenters. The molecule has 0 spiro atoms. The molecule has 1 aromatic rings. The Bertz CT molecular complexity index is 1200. The van der Waals surface area contributed by atoms with E-state index >= 15 is 0 Å². The number of nitrogens with one attached hydrogen (secondary N) is 5. The number of methoxy groups -OCH3 is 1. The number of ketones is 1. The number of allylic oxidation sites excluding steroid dienone is 4. The average Bonchev–Trinajstić information content (AvgIpc) is 2.93. The van der Waals surface area contributed by atoms with E-state index in [0.29, 0.717) is 30.7 Å². The highest BCUT2D eigenvalue weighted by atomic mass is 19.2. The third-order valence-electron chi connectivity index (χ3n) is 6.30. The van der Waals surface area contributed by atoms with E-state index in [9.17, 15) is 28.3 Å². The van der Waals surface area contributed by atoms with Gasteiger partial charge in [-0.3, -0.25) is 15.0 Å². The standard InChI is InChI=1S/C28H37F2N5O5/c1-16-5-8-24(36)20(27(38)32-3)12-19(11-16)25(31)17(2)14-34-28(39)35-23(15-33-9-10-40-4)26(37)18-6-7-21(29)22(30)13-18/h6-7,11-14,16,23,26,31,33,37H,5,8-10,15H2,1-4H3,(H,32,38)(H2,34,35,39)/b17-14+,19-11+,20-12+,31-25?/t16?,23-,26+/m1/s1. The first kappa shape index (κ1) is 32.5. The SMILES string of the molecule is CNC(=O)/C1=C/C(C(=N)/C(C)=C/NC(=O)N[C@H](CNCCOC)[C@@H](O)c2ccc(F)c(F)c2)=C\C(C)CCC1=O. The van der Waals surface area contributed by atoms with Crippen molar-refractivity contribution in [2.45, 2.75) is 38.8 Å². The molecular weight excluding hydrogens is 524 g/mol. The van der Waals surface area contributed by atoms with Gasteiger partial charge in [-0.15, -0.1) is 0 Å². The van der Waals surface area contributed by atoms with Gasteiger partial charge >= 0.3 is 6.03 Å². The van der Waals surface area contributed by atoms with Crippen molar-refractivity contribution in [3.05, 3.63) is 70.5 Å². The number of amides is 3. The maximum Gasteiger partial charge on any atom is 0.319 e. The fraction of sp³-hybridized carbons (Fsp3) is 0.429. The first-order valence-electron chi connectivity index (χ1n) is 12.8. The Balaban J connectivity index is 2.19. The van der Waals surface area contributed by atoms with Crippen LogP contribution in [0.15, 0.2) is 53.3 Å². The van der Waals surface area contributed by atoms with E-state index in [-0.39, 0.29) is 41.5 Å². The van der Waals surface area contributed by atoms with Crippen molar-refractivity contribution in [3.63, 3.8) is 0 Å². The molecule has 12 heteroatoms. The summed E-state index contributed by atoms with van der Waals surface area (Å²) in [6, 6.07) is 1.33. The van der Waals surface area contributed by atoms with Gasteiger partial charge in [-0.1, -0.05) is 19.1 Å². The molecule has 0 fully saturated rings. The number of likely N-dealkylation sites (N-methyl/N-ethyl adjacent to an activating group) is 1. The van der Waals surface area contributed by atoms with E-state index in [1.807, 2.05) is 6.92 Å². The predicted octanol–water partition coefficient (Wildman–Crippen LogP) is 2.42. The molecule has 10 nitrogen and oxygen atoms in total. The maximum absolute atomic E-state index is 13.7. The topological polar surface area (TPSA) is 153 Å². The zero-order valence-electron chi connectivity index (χ0n) is 23.1. The van der Waals surface area contributed by atoms with Crippen molar-refractivity contribution >= 4 is 23.4 Å². The first-order valence-corrected chi connectivity index (χ1v) is 12.8. The summed E-state index contributed by atoms with van der Waals surface area (Å²) in [6.07, 6.45) is 3.84. The van der Waals surface area contributed by atoms with E-state index in [1.54, 1.807) is 13.0 Å². The third kappa shape index (κ3) is 9.47. The number of benzene rings is 1. The molecule has 1 aromatic carbocycles. The summed E-state index contributed by atoms with van der Waals surface area (Å²) in [7, 11) is 2.94. The van der Waals surface area contributed by atoms with Crippen LogP contribution < -0.4 is 21.3 Å². The van der Waals surface area contributed by atoms with Crippen LogP contribution in [0, 0.1) is 23.0 Å². The second kappa shape index (κ2) is 15.8. The summed E-state index contributed by atoms with van der Waals surface area (Å²) >= 11 is 0. The number of carbonyl (C=O) groups excluding carboxylic acids is 3. The molecular formula is C28H37F2N5O5. The quantitative estimate of drug-likeness (QED) is 0.131. The van der Waals surface area contributed by atoms with Gasteiger partial charge < -0.3 is 31.1 Å². The number of carbonyl (C=O) groups is 3. The molecule has 0 heterocycles. The number of Topliss-reactive ketones (excluding diaryl/α,β-unsaturated/α-hetero) is 1. The molecule has 40 heavy (non-hydrogen) atoms. The second-order valence-electron chi connectivity index (χ2n) is 9.44. The van der Waals surface area contributed by atoms with Crippen LogP contribution in [0.3, 0.4) is 0 Å². The van der Waals surface area contributed by atoms with E-state index in [0.717, 1.165) is 12.1 Å². The molecule has 0 radical (unpaired) electrons. The molecule has 1 aliphatic carbocycles. The number of urea groups is 1. The molecule has 0 saturated carbocycles. The first-order chi connectivity index (χ1) is 19.0. The lowest BCUT2D eigenvalue weighted by molar-refractivity contribution is -0.122. The molecule has 0 saturated heterocycles. The Kier molecular flexibility index (Phi) is 12.8. The van der Waals surface area contributed by atoms with Crippen LogP contribution in [0.4, 0.5) is 13.6 Å². The van der Waals surface area contributed by atoms with Crippen molar-refractivity contribution in [1.82, 2.24) is 21.3 Å². The molecule has 2 rings (SSSR count). The molecule has 0 aliphatic heterocycles. The zero-order valence-corrected chi connectivity index (χ0v) is 23.1. The lowest BCUT2D eigenvalue weighted by Gasteiger charge is -2.25. The highest BCUT2D eigenvalue weighted by molar-refractivity contribution is 6.22. The van der Waals surface area contributed by atoms with Gasteiger partial charge in [0.2, 0.25) is 0 Å². The van der Waals surface area contributed by atoms with Crippen LogP contribution in [0.25, 0.3) is 0 Å². The van der Waals surface area contributed by atoms with Crippen molar-refractivity contribution in [2.75, 3.05) is 33.9 Å². The Hall–Kier alpha value is -3.74. The normalized spacial score (nSPS) is 20.1. The van der Waals surface area contributed by atoms with Gasteiger partial charge in [0.05, 0.1) is 23.9 Å². The lowest BCUT2D eigenvalue weighted by Crippen LogP contribution is -2.49. The number of aliphatic hydroxyl groups is 1. The number of hydrogen-bond donors (Lipinski definition) is 6. The van der Waals surface area contributed by atoms with E-state index < -0.39 is 35.7 Å². The monoisotopic (exact) mass is 561 g/mol. The van der Waals surface area contributed by atoms with Crippen LogP contribution in [0.5, 0.6) is 0 Å². The summed E-state index contributed by atoms with van der Waals surface area (Å²) in [5, 5.41) is 30.0. The fourth-order valence-corrected chi connectivity index (χ4v) is 3.94. The van der Waals surface area contributed by atoms with Gasteiger partial charge in [-0.05, 0) is 54.2 Å². The summed E-state index contributed by atoms with van der Waals surface area (Å²) in [5.41, 5.74) is 0.737. The molecule has 1 unspecified atom stereocenters. The number of aliphatic hydroxyl groups excluding tert-OH is 1. The fourth-order valence-electron chi connectivity index (χ4n) is 3.94. The smallest absolute Gasteiger partial charge is 0.319 e. The highest BCUT2D eigenvalue weighted by Crippen LogP contribution is 2.22. The minimum atomic E-state index is -1.37. The van der Waals surface area contributed by atoms with Gasteiger partial charge in [-0.25, -0.2) is 13.6 Å². The highest BCUT2D eigenvalue weighted by Gasteiger charge is 2.24. The minimum Gasteiger partial charge on any atom is -0.386 e. The molecule has 1 aliphatic rings. The Morgan fingerprint density at radius 3 is 2.65 bits per heavy atom. The Morgan fingerprint density at radius 1 is 1.27 bits per heavy atom. The van der Waals surface area contributed by atoms with Gasteiger partial charge in [0, 0.05) is 39.9 Å². The van der Waals surface area contributed by atoms with Crippen molar-refractivity contribution in [3.8, 4) is 0 Å². The zero-order chi connectivity index (χ0) is 29.8. The van der Waals surface area contributed by atoms with Gasteiger partial charge in [0.25, 0.3) is 5.91 Å². The number of halogens is 2. The molecule has 0 aromatic heterocycles. The van der Waals surface area contributed by atoms with Crippen molar-refractivity contribution < 1.29 is 33.0 Å². The average molecular weight is 562 g/mol. The van der Waals surface area contributed by atoms with Gasteiger partial charge in [-0.2, -0.15) is 0 Å². The van der Waals surface area contributed by atoms with Gasteiger partial charge in [0.1, 0.15) is 6.10 Å². The number of hydrogen-bond acceptors (Lipinski definition) is 7. The summed E-state index contributed by atoms with van der Waals surface area (Å²) < 4.78 is 32.1. The predicted molar refractivity (Wildman–Crippen MR) is 147 cm³/mol. The molecule has 218 valence electrons. The number of ether oxygens (including phenoxy) is 1. The van der Waals surface area contributed by atoms with Crippen LogP contribution >= 0.6 is 0 Å². The maximum atomic E-state index is 13.7. The lowest BCUT2D eigenvalue weighted by atomic mass is 9.89. The van der Waals surface area contributed by atoms with Crippen molar-refractivity contribution in [1.29, 1.82) is 5.41 Å². The van der Waals surface area contributed by atoms with Crippen LogP contribution in [-0.4, -0.2) is 68.4 Å². The largest absolute Gasteiger partial charge is 0.386 e. The Morgan fingerprint density at radius 2 is 2.00 bits per heavy atom. The van der Waals surface area contributed by atoms with E-state index in [2.05, 4.69) is 21.3 Å². The van der Waals surface area contributed by atoms with E-state index in [1.165, 1.54) is 32.5 Å². The summed E-state index contributed by atoms with van der Waals surface area (Å²) in [6.45, 7) is 4.37. The van der Waals surface area contributed by atoms with Gasteiger partial charge in [0.15, 0.2) is 17.4 Å².